The third-order valence-electron chi connectivity index (χ3n) is 1.57. The molecular formula is C7H11F2S. The normalized spacial score (nSPS) is 20.7. The molecule has 0 amide bonds. The summed E-state index contributed by atoms with van der Waals surface area (Å²) in [5.74, 6) is -0.00463. The Morgan fingerprint density at radius 2 is 1.90 bits per heavy atom. The highest BCUT2D eigenvalue weighted by Gasteiger charge is 2.17. The van der Waals surface area contributed by atoms with Crippen molar-refractivity contribution >= 4 is 11.8 Å². The van der Waals surface area contributed by atoms with Crippen molar-refractivity contribution in [2.75, 3.05) is 5.75 Å². The first-order valence-electron chi connectivity index (χ1n) is 3.54. The van der Waals surface area contributed by atoms with Crippen molar-refractivity contribution < 1.29 is 8.78 Å². The number of thioether (sulfide) groups is 1. The molecule has 1 saturated carbocycles. The molecule has 0 nitrogen and oxygen atoms in total. The topological polar surface area (TPSA) is 0 Å². The lowest BCUT2D eigenvalue weighted by atomic mass is 10.4. The lowest BCUT2D eigenvalue weighted by Gasteiger charge is -2.05. The monoisotopic (exact) mass is 165 g/mol. The van der Waals surface area contributed by atoms with Gasteiger partial charge in [-0.2, -0.15) is 0 Å². The minimum Gasteiger partial charge on any atom is -0.210 e. The summed E-state index contributed by atoms with van der Waals surface area (Å²) in [5, 5.41) is 1.28. The fourth-order valence-electron chi connectivity index (χ4n) is 1.09. The highest BCUT2D eigenvalue weighted by Crippen LogP contribution is 2.36. The summed E-state index contributed by atoms with van der Waals surface area (Å²) < 4.78 is 23.3. The maximum absolute atomic E-state index is 11.7. The van der Waals surface area contributed by atoms with Crippen LogP contribution in [0.4, 0.5) is 8.78 Å². The van der Waals surface area contributed by atoms with E-state index in [0.717, 1.165) is 12.8 Å². The van der Waals surface area contributed by atoms with Gasteiger partial charge in [0.1, 0.15) is 0 Å². The Labute approximate surface area is 64.4 Å². The van der Waals surface area contributed by atoms with Gasteiger partial charge in [-0.3, -0.25) is 0 Å². The van der Waals surface area contributed by atoms with E-state index in [2.05, 4.69) is 0 Å². The minimum absolute atomic E-state index is 0.00463. The summed E-state index contributed by atoms with van der Waals surface area (Å²) >= 11 is 1.36. The highest BCUT2D eigenvalue weighted by molar-refractivity contribution is 8.02. The molecule has 0 aromatic heterocycles. The Morgan fingerprint density at radius 1 is 1.30 bits per heavy atom. The molecule has 0 saturated heterocycles. The second-order valence-corrected chi connectivity index (χ2v) is 3.65. The van der Waals surface area contributed by atoms with Gasteiger partial charge in [-0.15, -0.1) is 11.8 Å². The Kier molecular flexibility index (Phi) is 3.46. The molecule has 10 heavy (non-hydrogen) atoms. The van der Waals surface area contributed by atoms with Gasteiger partial charge in [0.15, 0.2) is 0 Å². The van der Waals surface area contributed by atoms with E-state index in [1.54, 1.807) is 0 Å². The van der Waals surface area contributed by atoms with Gasteiger partial charge < -0.3 is 0 Å². The second-order valence-electron chi connectivity index (χ2n) is 2.45. The van der Waals surface area contributed by atoms with Crippen LogP contribution >= 0.6 is 11.8 Å². The Bertz CT molecular complexity index is 89.6. The van der Waals surface area contributed by atoms with E-state index in [1.165, 1.54) is 29.9 Å². The smallest absolute Gasteiger partial charge is 0.210 e. The zero-order chi connectivity index (χ0) is 7.40. The van der Waals surface area contributed by atoms with Crippen LogP contribution in [0, 0.1) is 5.25 Å². The molecule has 0 aromatic rings. The molecule has 1 fully saturated rings. The first-order chi connectivity index (χ1) is 4.79. The van der Waals surface area contributed by atoms with Crippen LogP contribution in [0.1, 0.15) is 25.7 Å². The van der Waals surface area contributed by atoms with Gasteiger partial charge in [0.2, 0.25) is 6.43 Å². The number of hydrogen-bond donors (Lipinski definition) is 0. The molecule has 0 aromatic carbocycles. The zero-order valence-electron chi connectivity index (χ0n) is 5.78. The van der Waals surface area contributed by atoms with Crippen LogP contribution in [0.25, 0.3) is 0 Å². The predicted octanol–water partition coefficient (Wildman–Crippen LogP) is 3.09. The number of halogens is 2. The molecular weight excluding hydrogens is 154 g/mol. The van der Waals surface area contributed by atoms with Crippen molar-refractivity contribution in [2.24, 2.45) is 0 Å². The van der Waals surface area contributed by atoms with Crippen molar-refractivity contribution in [3.05, 3.63) is 5.25 Å². The number of hydrogen-bond acceptors (Lipinski definition) is 1. The Hall–Kier alpha value is 0.210. The van der Waals surface area contributed by atoms with Crippen molar-refractivity contribution in [3.8, 4) is 0 Å². The van der Waals surface area contributed by atoms with E-state index in [-0.39, 0.29) is 5.75 Å². The maximum atomic E-state index is 11.7. The summed E-state index contributed by atoms with van der Waals surface area (Å²) in [6.07, 6.45) is 2.39. The van der Waals surface area contributed by atoms with Gasteiger partial charge in [-0.1, -0.05) is 12.8 Å². The Balaban J connectivity index is 2.01. The molecule has 1 rings (SSSR count). The molecule has 0 spiro atoms. The number of rotatable bonds is 3. The van der Waals surface area contributed by atoms with E-state index >= 15 is 0 Å². The SMILES string of the molecule is FC(F)CS[C]1CCCC1. The number of alkyl halides is 2. The van der Waals surface area contributed by atoms with E-state index in [1.807, 2.05) is 0 Å². The molecule has 1 aliphatic carbocycles. The van der Waals surface area contributed by atoms with Gasteiger partial charge in [0.25, 0.3) is 0 Å². The predicted molar refractivity (Wildman–Crippen MR) is 40.2 cm³/mol. The van der Waals surface area contributed by atoms with Crippen LogP contribution in [0.3, 0.4) is 0 Å². The third kappa shape index (κ3) is 2.86. The molecule has 0 atom stereocenters. The van der Waals surface area contributed by atoms with Crippen molar-refractivity contribution in [1.29, 1.82) is 0 Å². The van der Waals surface area contributed by atoms with Gasteiger partial charge in [-0.05, 0) is 12.8 Å². The van der Waals surface area contributed by atoms with Gasteiger partial charge >= 0.3 is 0 Å². The highest BCUT2D eigenvalue weighted by atomic mass is 32.2. The van der Waals surface area contributed by atoms with Crippen molar-refractivity contribution in [3.63, 3.8) is 0 Å². The molecule has 0 aliphatic heterocycles. The summed E-state index contributed by atoms with van der Waals surface area (Å²) in [6, 6.07) is 0. The molecule has 0 bridgehead atoms. The lowest BCUT2D eigenvalue weighted by Crippen LogP contribution is -1.96. The van der Waals surface area contributed by atoms with E-state index in [0.29, 0.717) is 0 Å². The van der Waals surface area contributed by atoms with Crippen LogP contribution in [-0.2, 0) is 0 Å². The maximum Gasteiger partial charge on any atom is 0.247 e. The molecule has 1 radical (unpaired) electrons. The van der Waals surface area contributed by atoms with E-state index in [9.17, 15) is 8.78 Å². The fourth-order valence-corrected chi connectivity index (χ4v) is 2.03. The molecule has 1 aliphatic rings. The first kappa shape index (κ1) is 8.31. The van der Waals surface area contributed by atoms with Gasteiger partial charge in [0.05, 0.1) is 5.75 Å². The third-order valence-corrected chi connectivity index (χ3v) is 2.81. The second kappa shape index (κ2) is 4.16. The zero-order valence-corrected chi connectivity index (χ0v) is 6.59. The summed E-state index contributed by atoms with van der Waals surface area (Å²) in [7, 11) is 0. The summed E-state index contributed by atoms with van der Waals surface area (Å²) in [5.41, 5.74) is 0. The van der Waals surface area contributed by atoms with E-state index < -0.39 is 6.43 Å². The van der Waals surface area contributed by atoms with Crippen LogP contribution in [0.2, 0.25) is 0 Å². The van der Waals surface area contributed by atoms with Crippen molar-refractivity contribution in [1.82, 2.24) is 0 Å². The van der Waals surface area contributed by atoms with Crippen LogP contribution < -0.4 is 0 Å². The minimum atomic E-state index is -2.14. The van der Waals surface area contributed by atoms with Crippen LogP contribution in [0.15, 0.2) is 0 Å². The van der Waals surface area contributed by atoms with E-state index in [4.69, 9.17) is 0 Å². The van der Waals surface area contributed by atoms with Gasteiger partial charge in [-0.25, -0.2) is 8.78 Å². The van der Waals surface area contributed by atoms with Crippen molar-refractivity contribution in [2.45, 2.75) is 32.1 Å². The average molecular weight is 165 g/mol. The molecule has 0 N–H and O–H groups in total. The molecule has 0 heterocycles. The average Bonchev–Trinajstić information content (AvgIpc) is 2.34. The molecule has 3 heteroatoms. The standard InChI is InChI=1S/C7H11F2S/c8-7(9)5-10-6-3-1-2-4-6/h7H,1-5H2. The van der Waals surface area contributed by atoms with Crippen LogP contribution in [-0.4, -0.2) is 12.2 Å². The molecule has 0 unspecified atom stereocenters. The Morgan fingerprint density at radius 3 is 2.40 bits per heavy atom. The fraction of sp³-hybridized carbons (Fsp3) is 0.857. The summed E-state index contributed by atoms with van der Waals surface area (Å²) in [6.45, 7) is 0. The van der Waals surface area contributed by atoms with Crippen LogP contribution in [0.5, 0.6) is 0 Å². The first-order valence-corrected chi connectivity index (χ1v) is 4.53. The molecule has 59 valence electrons. The largest absolute Gasteiger partial charge is 0.247 e. The van der Waals surface area contributed by atoms with Gasteiger partial charge in [0, 0.05) is 5.25 Å². The quantitative estimate of drug-likeness (QED) is 0.619. The summed E-state index contributed by atoms with van der Waals surface area (Å²) in [4.78, 5) is 0. The lowest BCUT2D eigenvalue weighted by molar-refractivity contribution is 0.177.